The summed E-state index contributed by atoms with van der Waals surface area (Å²) < 4.78 is 14.0. The van der Waals surface area contributed by atoms with Crippen molar-refractivity contribution in [2.45, 2.75) is 32.0 Å². The van der Waals surface area contributed by atoms with Gasteiger partial charge in [-0.05, 0) is 25.7 Å². The summed E-state index contributed by atoms with van der Waals surface area (Å²) in [5.41, 5.74) is 18.3. The van der Waals surface area contributed by atoms with Crippen LogP contribution in [0.2, 0.25) is 0 Å². The molecule has 4 N–H and O–H groups in total. The number of hydrogen-bond donors (Lipinski definition) is 2. The Labute approximate surface area is 218 Å². The molecule has 1 aliphatic heterocycles. The van der Waals surface area contributed by atoms with E-state index in [0.29, 0.717) is 36.9 Å². The molecular formula is C28H37N7O2. The first-order valence-electron chi connectivity index (χ1n) is 12.8. The Morgan fingerprint density at radius 2 is 2.00 bits per heavy atom. The third kappa shape index (κ3) is 4.47. The molecule has 0 bridgehead atoms. The number of ether oxygens (including phenoxy) is 2. The van der Waals surface area contributed by atoms with Gasteiger partial charge in [-0.2, -0.15) is 0 Å². The number of nitrogens with zero attached hydrogens (tertiary/aromatic N) is 5. The summed E-state index contributed by atoms with van der Waals surface area (Å²) in [5, 5.41) is 1.14. The van der Waals surface area contributed by atoms with E-state index in [1.807, 2.05) is 19.2 Å². The highest BCUT2D eigenvalue weighted by Crippen LogP contribution is 2.39. The zero-order valence-corrected chi connectivity index (χ0v) is 22.2. The van der Waals surface area contributed by atoms with Crippen molar-refractivity contribution in [3.05, 3.63) is 71.3 Å². The van der Waals surface area contributed by atoms with E-state index >= 15 is 0 Å². The van der Waals surface area contributed by atoms with Crippen molar-refractivity contribution in [3.8, 4) is 11.3 Å². The summed E-state index contributed by atoms with van der Waals surface area (Å²) in [7, 11) is 5.78. The number of methoxy groups -OCH3 is 1. The fourth-order valence-corrected chi connectivity index (χ4v) is 5.29. The SMILES string of the molecule is CCN(C)CCN(C)C1=C(N)CC(N)(c2nccc(-c3c4n(c5ccccc35)CCOC4)n2)C(OC)=C1. The van der Waals surface area contributed by atoms with Crippen LogP contribution in [0, 0.1) is 0 Å². The molecule has 0 saturated carbocycles. The molecule has 2 aliphatic rings. The van der Waals surface area contributed by atoms with Gasteiger partial charge in [-0.1, -0.05) is 25.1 Å². The van der Waals surface area contributed by atoms with Crippen LogP contribution < -0.4 is 11.5 Å². The molecule has 0 fully saturated rings. The lowest BCUT2D eigenvalue weighted by Crippen LogP contribution is -2.45. The van der Waals surface area contributed by atoms with Crippen molar-refractivity contribution >= 4 is 10.9 Å². The van der Waals surface area contributed by atoms with Gasteiger partial charge in [-0.3, -0.25) is 0 Å². The maximum Gasteiger partial charge on any atom is 0.156 e. The number of likely N-dealkylation sites (N-methyl/N-ethyl adjacent to an activating group) is 2. The number of benzene rings is 1. The summed E-state index contributed by atoms with van der Waals surface area (Å²) in [6, 6.07) is 10.3. The number of rotatable bonds is 8. The van der Waals surface area contributed by atoms with E-state index in [-0.39, 0.29) is 0 Å². The van der Waals surface area contributed by atoms with Gasteiger partial charge in [-0.15, -0.1) is 0 Å². The summed E-state index contributed by atoms with van der Waals surface area (Å²) in [4.78, 5) is 14.0. The van der Waals surface area contributed by atoms with Crippen molar-refractivity contribution in [1.29, 1.82) is 0 Å². The van der Waals surface area contributed by atoms with Gasteiger partial charge in [0.05, 0.1) is 37.4 Å². The monoisotopic (exact) mass is 503 g/mol. The normalized spacial score (nSPS) is 19.8. The molecule has 5 rings (SSSR count). The van der Waals surface area contributed by atoms with Gasteiger partial charge >= 0.3 is 0 Å². The Hall–Kier alpha value is -3.40. The topological polar surface area (TPSA) is 108 Å². The molecule has 9 heteroatoms. The molecule has 1 aromatic carbocycles. The predicted molar refractivity (Wildman–Crippen MR) is 145 cm³/mol. The van der Waals surface area contributed by atoms with Crippen LogP contribution in [0.1, 0.15) is 24.9 Å². The second-order valence-corrected chi connectivity index (χ2v) is 9.90. The Morgan fingerprint density at radius 3 is 2.78 bits per heavy atom. The van der Waals surface area contributed by atoms with Crippen LogP contribution in [-0.4, -0.2) is 71.8 Å². The van der Waals surface area contributed by atoms with Gasteiger partial charge in [0.2, 0.25) is 0 Å². The van der Waals surface area contributed by atoms with Crippen molar-refractivity contribution in [1.82, 2.24) is 24.3 Å². The maximum absolute atomic E-state index is 7.02. The third-order valence-electron chi connectivity index (χ3n) is 7.58. The van der Waals surface area contributed by atoms with Gasteiger partial charge in [0.25, 0.3) is 0 Å². The smallest absolute Gasteiger partial charge is 0.156 e. The van der Waals surface area contributed by atoms with Crippen LogP contribution in [0.4, 0.5) is 0 Å². The number of fused-ring (bicyclic) bond motifs is 3. The van der Waals surface area contributed by atoms with Gasteiger partial charge in [0.15, 0.2) is 5.82 Å². The molecule has 0 radical (unpaired) electrons. The van der Waals surface area contributed by atoms with E-state index in [2.05, 4.69) is 57.6 Å². The van der Waals surface area contributed by atoms with E-state index in [1.54, 1.807) is 13.3 Å². The number of aromatic nitrogens is 3. The summed E-state index contributed by atoms with van der Waals surface area (Å²) in [6.07, 6.45) is 4.06. The summed E-state index contributed by atoms with van der Waals surface area (Å²) in [5.74, 6) is 1.07. The van der Waals surface area contributed by atoms with Crippen LogP contribution in [0.3, 0.4) is 0 Å². The minimum atomic E-state index is -1.08. The minimum absolute atomic E-state index is 0.358. The van der Waals surface area contributed by atoms with Gasteiger partial charge in [-0.25, -0.2) is 9.97 Å². The zero-order valence-electron chi connectivity index (χ0n) is 22.2. The largest absolute Gasteiger partial charge is 0.499 e. The fourth-order valence-electron chi connectivity index (χ4n) is 5.29. The van der Waals surface area contributed by atoms with Crippen LogP contribution in [0.25, 0.3) is 22.2 Å². The van der Waals surface area contributed by atoms with E-state index in [4.69, 9.17) is 25.9 Å². The summed E-state index contributed by atoms with van der Waals surface area (Å²) >= 11 is 0. The predicted octanol–water partition coefficient (Wildman–Crippen LogP) is 2.77. The van der Waals surface area contributed by atoms with Gasteiger partial charge in [0, 0.05) is 67.5 Å². The Balaban J connectivity index is 1.52. The van der Waals surface area contributed by atoms with Crippen molar-refractivity contribution < 1.29 is 9.47 Å². The molecule has 0 amide bonds. The fraction of sp³-hybridized carbons (Fsp3) is 0.429. The number of nitrogens with two attached hydrogens (primary N) is 2. The van der Waals surface area contributed by atoms with E-state index < -0.39 is 5.54 Å². The molecule has 3 aromatic rings. The molecule has 9 nitrogen and oxygen atoms in total. The molecule has 196 valence electrons. The standard InChI is InChI=1S/C28H37N7O2/c1-5-33(2)12-13-34(3)23-16-25(36-4)28(30,17-20(23)29)27-31-11-10-21(32-27)26-19-8-6-7-9-22(19)35-14-15-37-18-24(26)35/h6-11,16H,5,12-15,17-18,29-30H2,1-4H3. The average Bonchev–Trinajstić information content (AvgIpc) is 3.26. The van der Waals surface area contributed by atoms with E-state index in [1.165, 1.54) is 5.52 Å². The van der Waals surface area contributed by atoms with Gasteiger partial charge < -0.3 is 35.3 Å². The summed E-state index contributed by atoms with van der Waals surface area (Å²) in [6.45, 7) is 6.97. The molecule has 1 unspecified atom stereocenters. The molecule has 1 aliphatic carbocycles. The Bertz CT molecular complexity index is 1360. The van der Waals surface area contributed by atoms with Crippen LogP contribution in [0.15, 0.2) is 59.8 Å². The third-order valence-corrected chi connectivity index (χ3v) is 7.58. The molecule has 0 spiro atoms. The first kappa shape index (κ1) is 25.3. The quantitative estimate of drug-likeness (QED) is 0.483. The second kappa shape index (κ2) is 10.2. The second-order valence-electron chi connectivity index (χ2n) is 9.90. The average molecular weight is 504 g/mol. The van der Waals surface area contributed by atoms with E-state index in [9.17, 15) is 0 Å². The Kier molecular flexibility index (Phi) is 6.94. The molecule has 0 saturated heterocycles. The first-order chi connectivity index (χ1) is 17.9. The highest BCUT2D eigenvalue weighted by atomic mass is 16.5. The van der Waals surface area contributed by atoms with Gasteiger partial charge in [0.1, 0.15) is 11.3 Å². The van der Waals surface area contributed by atoms with Crippen molar-refractivity contribution in [2.75, 3.05) is 47.4 Å². The first-order valence-corrected chi connectivity index (χ1v) is 12.8. The molecule has 3 heterocycles. The lowest BCUT2D eigenvalue weighted by atomic mass is 9.85. The molecular weight excluding hydrogens is 466 g/mol. The number of hydrogen-bond acceptors (Lipinski definition) is 8. The Morgan fingerprint density at radius 1 is 1.19 bits per heavy atom. The highest BCUT2D eigenvalue weighted by Gasteiger charge is 2.41. The van der Waals surface area contributed by atoms with Crippen LogP contribution in [-0.2, 0) is 28.2 Å². The lowest BCUT2D eigenvalue weighted by Gasteiger charge is -2.36. The number of allylic oxidation sites excluding steroid dienone is 1. The van der Waals surface area contributed by atoms with E-state index in [0.717, 1.165) is 54.2 Å². The molecule has 37 heavy (non-hydrogen) atoms. The highest BCUT2D eigenvalue weighted by molar-refractivity contribution is 5.97. The van der Waals surface area contributed by atoms with Crippen molar-refractivity contribution in [2.24, 2.45) is 11.5 Å². The molecule has 1 atom stereocenters. The zero-order chi connectivity index (χ0) is 26.2. The van der Waals surface area contributed by atoms with Crippen LogP contribution >= 0.6 is 0 Å². The minimum Gasteiger partial charge on any atom is -0.499 e. The number of para-hydroxylation sites is 1. The molecule has 2 aromatic heterocycles. The maximum atomic E-state index is 7.02. The van der Waals surface area contributed by atoms with Crippen molar-refractivity contribution in [3.63, 3.8) is 0 Å². The lowest BCUT2D eigenvalue weighted by molar-refractivity contribution is 0.0869. The van der Waals surface area contributed by atoms with Crippen LogP contribution in [0.5, 0.6) is 0 Å².